The van der Waals surface area contributed by atoms with Crippen molar-refractivity contribution < 1.29 is 23.9 Å². The third kappa shape index (κ3) is 8.46. The lowest BCUT2D eigenvalue weighted by molar-refractivity contribution is -0.384. The Morgan fingerprint density at radius 1 is 0.755 bits per heavy atom. The first kappa shape index (κ1) is 33.3. The van der Waals surface area contributed by atoms with Gasteiger partial charge in [0.05, 0.1) is 11.0 Å². The highest BCUT2D eigenvalue weighted by atomic mass is 16.6. The van der Waals surface area contributed by atoms with Crippen LogP contribution >= 0.6 is 0 Å². The predicted octanol–water partition coefficient (Wildman–Crippen LogP) is 9.50. The number of non-ortho nitro benzene ring substituents is 1. The molecule has 1 aliphatic heterocycles. The highest BCUT2D eigenvalue weighted by Gasteiger charge is 2.35. The van der Waals surface area contributed by atoms with Gasteiger partial charge in [-0.25, -0.2) is 4.79 Å². The fourth-order valence-corrected chi connectivity index (χ4v) is 6.04. The van der Waals surface area contributed by atoms with Crippen molar-refractivity contribution in [3.8, 4) is 22.6 Å². The first-order valence-corrected chi connectivity index (χ1v) is 16.5. The van der Waals surface area contributed by atoms with Gasteiger partial charge in [0.25, 0.3) is 5.69 Å². The van der Waals surface area contributed by atoms with Gasteiger partial charge in [0.15, 0.2) is 11.5 Å². The van der Waals surface area contributed by atoms with Crippen LogP contribution in [0, 0.1) is 10.1 Å². The van der Waals surface area contributed by atoms with Crippen LogP contribution in [0.3, 0.4) is 0 Å². The number of rotatable bonds is 10. The minimum absolute atomic E-state index is 0.0455. The van der Waals surface area contributed by atoms with Gasteiger partial charge in [-0.2, -0.15) is 0 Å². The highest BCUT2D eigenvalue weighted by molar-refractivity contribution is 5.70. The monoisotopic (exact) mass is 656 g/mol. The summed E-state index contributed by atoms with van der Waals surface area (Å²) in [5.74, 6) is 1.26. The predicted molar refractivity (Wildman–Crippen MR) is 190 cm³/mol. The molecule has 0 fully saturated rings. The molecule has 0 radical (unpaired) electrons. The Labute approximate surface area is 287 Å². The Hall–Kier alpha value is -5.63. The zero-order valence-corrected chi connectivity index (χ0v) is 28.0. The summed E-state index contributed by atoms with van der Waals surface area (Å²) < 4.78 is 18.7. The molecule has 1 atom stereocenters. The number of benzene rings is 5. The number of nitro groups is 1. The summed E-state index contributed by atoms with van der Waals surface area (Å²) in [6.07, 6.45) is 0.787. The second-order valence-electron chi connectivity index (χ2n) is 13.2. The van der Waals surface area contributed by atoms with E-state index in [-0.39, 0.29) is 17.8 Å². The van der Waals surface area contributed by atoms with E-state index in [1.807, 2.05) is 111 Å². The molecular weight excluding hydrogens is 616 g/mol. The van der Waals surface area contributed by atoms with Gasteiger partial charge in [-0.1, -0.05) is 84.9 Å². The first-order valence-electron chi connectivity index (χ1n) is 16.5. The molecule has 8 heteroatoms. The molecule has 250 valence electrons. The number of carbonyl (C=O) groups excluding carboxylic acids is 1. The van der Waals surface area contributed by atoms with Crippen LogP contribution in [-0.2, 0) is 30.8 Å². The average Bonchev–Trinajstić information content (AvgIpc) is 3.10. The van der Waals surface area contributed by atoms with Crippen molar-refractivity contribution in [3.63, 3.8) is 0 Å². The number of fused-ring (bicyclic) bond motifs is 1. The Kier molecular flexibility index (Phi) is 9.95. The summed E-state index contributed by atoms with van der Waals surface area (Å²) in [6.45, 7) is 6.85. The van der Waals surface area contributed by atoms with Crippen molar-refractivity contribution in [1.29, 1.82) is 0 Å². The molecule has 49 heavy (non-hydrogen) atoms. The molecule has 1 aliphatic rings. The number of hydrogen-bond acceptors (Lipinski definition) is 6. The van der Waals surface area contributed by atoms with E-state index >= 15 is 0 Å². The van der Waals surface area contributed by atoms with Crippen molar-refractivity contribution >= 4 is 11.8 Å². The fourth-order valence-electron chi connectivity index (χ4n) is 6.04. The maximum absolute atomic E-state index is 13.7. The van der Waals surface area contributed by atoms with E-state index in [0.29, 0.717) is 44.1 Å². The van der Waals surface area contributed by atoms with Crippen LogP contribution < -0.4 is 9.47 Å². The third-order valence-corrected chi connectivity index (χ3v) is 8.43. The number of ether oxygens (including phenoxy) is 3. The summed E-state index contributed by atoms with van der Waals surface area (Å²) in [7, 11) is 0. The van der Waals surface area contributed by atoms with Gasteiger partial charge in [0, 0.05) is 18.7 Å². The summed E-state index contributed by atoms with van der Waals surface area (Å²) in [5, 5.41) is 11.2. The average molecular weight is 657 g/mol. The normalized spacial score (nSPS) is 14.1. The molecule has 5 aromatic carbocycles. The van der Waals surface area contributed by atoms with E-state index in [2.05, 4.69) is 12.1 Å². The minimum atomic E-state index is -0.656. The summed E-state index contributed by atoms with van der Waals surface area (Å²) >= 11 is 0. The van der Waals surface area contributed by atoms with E-state index in [1.54, 1.807) is 12.1 Å². The number of nitro benzene ring substituents is 1. The SMILES string of the molecule is CC(C)(C)OC(=O)N1CCc2cc(OCc3ccccc3)c(OCc3ccccc3)cc2C1Cc1cccc(-c2ccc([N+](=O)[O-])cc2)c1. The zero-order chi connectivity index (χ0) is 34.4. The van der Waals surface area contributed by atoms with Crippen LogP contribution in [0.2, 0.25) is 0 Å². The van der Waals surface area contributed by atoms with Crippen molar-refractivity contribution in [3.05, 3.63) is 159 Å². The zero-order valence-electron chi connectivity index (χ0n) is 28.0. The van der Waals surface area contributed by atoms with E-state index in [4.69, 9.17) is 14.2 Å². The molecule has 1 unspecified atom stereocenters. The van der Waals surface area contributed by atoms with E-state index in [9.17, 15) is 14.9 Å². The molecule has 8 nitrogen and oxygen atoms in total. The molecule has 5 aromatic rings. The standard InChI is InChI=1S/C41H40N2O6/c1-41(2,3)49-40(44)42-22-21-34-25-38(47-27-29-11-6-4-7-12-29)39(48-28-30-13-8-5-9-14-30)26-36(34)37(42)24-31-15-10-16-33(23-31)32-17-19-35(20-18-32)43(45)46/h4-20,23,25-26,37H,21-22,24,27-28H2,1-3H3. The van der Waals surface area contributed by atoms with Gasteiger partial charge in [-0.3, -0.25) is 10.1 Å². The van der Waals surface area contributed by atoms with Crippen molar-refractivity contribution in [2.45, 2.75) is 58.5 Å². The summed E-state index contributed by atoms with van der Waals surface area (Å²) in [4.78, 5) is 26.3. The van der Waals surface area contributed by atoms with Crippen LogP contribution in [0.1, 0.15) is 54.6 Å². The third-order valence-electron chi connectivity index (χ3n) is 8.43. The molecule has 0 spiro atoms. The number of amides is 1. The largest absolute Gasteiger partial charge is 0.485 e. The minimum Gasteiger partial charge on any atom is -0.485 e. The van der Waals surface area contributed by atoms with Gasteiger partial charge in [-0.15, -0.1) is 0 Å². The molecular formula is C41H40N2O6. The first-order chi connectivity index (χ1) is 23.6. The smallest absolute Gasteiger partial charge is 0.410 e. The molecule has 0 saturated heterocycles. The van der Waals surface area contributed by atoms with Crippen LogP contribution in [0.25, 0.3) is 11.1 Å². The van der Waals surface area contributed by atoms with Gasteiger partial charge in [-0.05, 0) is 96.8 Å². The fraction of sp³-hybridized carbons (Fsp3) is 0.244. The van der Waals surface area contributed by atoms with Gasteiger partial charge in [0.1, 0.15) is 18.8 Å². The number of carbonyl (C=O) groups is 1. The Morgan fingerprint density at radius 3 is 1.94 bits per heavy atom. The molecule has 0 aromatic heterocycles. The van der Waals surface area contributed by atoms with Gasteiger partial charge in [0.2, 0.25) is 0 Å². The molecule has 1 heterocycles. The van der Waals surface area contributed by atoms with Gasteiger partial charge >= 0.3 is 6.09 Å². The van der Waals surface area contributed by atoms with Crippen molar-refractivity contribution in [2.75, 3.05) is 6.54 Å². The van der Waals surface area contributed by atoms with E-state index in [0.717, 1.165) is 38.9 Å². The second kappa shape index (κ2) is 14.6. The maximum Gasteiger partial charge on any atom is 0.410 e. The van der Waals surface area contributed by atoms with Crippen LogP contribution in [0.5, 0.6) is 11.5 Å². The highest BCUT2D eigenvalue weighted by Crippen LogP contribution is 2.41. The quantitative estimate of drug-likeness (QED) is 0.110. The number of hydrogen-bond donors (Lipinski definition) is 0. The van der Waals surface area contributed by atoms with E-state index in [1.165, 1.54) is 12.1 Å². The van der Waals surface area contributed by atoms with Crippen molar-refractivity contribution in [2.24, 2.45) is 0 Å². The molecule has 0 saturated carbocycles. The Morgan fingerprint density at radius 2 is 1.35 bits per heavy atom. The van der Waals surface area contributed by atoms with Crippen molar-refractivity contribution in [1.82, 2.24) is 4.90 Å². The lowest BCUT2D eigenvalue weighted by Crippen LogP contribution is -2.43. The number of nitrogens with zero attached hydrogens (tertiary/aromatic N) is 2. The van der Waals surface area contributed by atoms with Crippen LogP contribution in [0.15, 0.2) is 121 Å². The molecule has 6 rings (SSSR count). The van der Waals surface area contributed by atoms with Crippen LogP contribution in [-0.4, -0.2) is 28.1 Å². The Balaban J connectivity index is 1.37. The maximum atomic E-state index is 13.7. The molecule has 0 aliphatic carbocycles. The topological polar surface area (TPSA) is 91.1 Å². The summed E-state index contributed by atoms with van der Waals surface area (Å²) in [5.41, 5.74) is 6.36. The lowest BCUT2D eigenvalue weighted by atomic mass is 9.87. The molecule has 0 bridgehead atoms. The van der Waals surface area contributed by atoms with Gasteiger partial charge < -0.3 is 19.1 Å². The summed E-state index contributed by atoms with van der Waals surface area (Å²) in [6, 6.07) is 38.4. The second-order valence-corrected chi connectivity index (χ2v) is 13.2. The Bertz CT molecular complexity index is 1900. The van der Waals surface area contributed by atoms with Crippen LogP contribution in [0.4, 0.5) is 10.5 Å². The lowest BCUT2D eigenvalue weighted by Gasteiger charge is -2.38. The van der Waals surface area contributed by atoms with E-state index < -0.39 is 10.5 Å². The molecule has 0 N–H and O–H groups in total. The molecule has 1 amide bonds.